The zero-order valence-corrected chi connectivity index (χ0v) is 15.0. The smallest absolute Gasteiger partial charge is 0.269 e. The van der Waals surface area contributed by atoms with Crippen LogP contribution in [-0.2, 0) is 4.79 Å². The molecule has 2 aromatic rings. The molecule has 9 heteroatoms. The van der Waals surface area contributed by atoms with Crippen molar-refractivity contribution in [3.63, 3.8) is 0 Å². The fourth-order valence-corrected chi connectivity index (χ4v) is 3.07. The number of carbonyl (C=O) groups is 1. The van der Waals surface area contributed by atoms with E-state index in [1.807, 2.05) is 0 Å². The summed E-state index contributed by atoms with van der Waals surface area (Å²) < 4.78 is 13.6. The zero-order chi connectivity index (χ0) is 19.6. The minimum absolute atomic E-state index is 0.0765. The van der Waals surface area contributed by atoms with Crippen LogP contribution in [0.25, 0.3) is 0 Å². The lowest BCUT2D eigenvalue weighted by Gasteiger charge is -2.30. The van der Waals surface area contributed by atoms with Gasteiger partial charge in [0.05, 0.1) is 16.5 Å². The van der Waals surface area contributed by atoms with Gasteiger partial charge in [0.25, 0.3) is 11.6 Å². The first-order chi connectivity index (χ1) is 12.8. The Labute approximate surface area is 159 Å². The molecule has 1 heterocycles. The van der Waals surface area contributed by atoms with E-state index in [2.05, 4.69) is 16.0 Å². The second-order valence-electron chi connectivity index (χ2n) is 5.88. The van der Waals surface area contributed by atoms with E-state index < -0.39 is 22.7 Å². The number of halogens is 1. The number of allylic oxidation sites excluding steroid dienone is 1. The molecule has 1 aliphatic rings. The Balaban J connectivity index is 1.90. The lowest BCUT2D eigenvalue weighted by molar-refractivity contribution is -0.384. The summed E-state index contributed by atoms with van der Waals surface area (Å²) in [5.41, 5.74) is 1.75. The SMILES string of the molecule is CC1=C(C(=O)Nc2ccc([N+](=O)[O-])cc2)[C@@H](c2cccc(F)c2)NC(=S)N1. The molecule has 1 atom stereocenters. The molecule has 7 nitrogen and oxygen atoms in total. The van der Waals surface area contributed by atoms with Crippen molar-refractivity contribution in [2.75, 3.05) is 5.32 Å². The number of carbonyl (C=O) groups excluding carboxylic acids is 1. The van der Waals surface area contributed by atoms with Crippen molar-refractivity contribution < 1.29 is 14.1 Å². The van der Waals surface area contributed by atoms with Crippen LogP contribution in [0.1, 0.15) is 18.5 Å². The maximum Gasteiger partial charge on any atom is 0.269 e. The third-order valence-electron chi connectivity index (χ3n) is 4.03. The number of nitro benzene ring substituents is 1. The summed E-state index contributed by atoms with van der Waals surface area (Å²) in [5.74, 6) is -0.857. The normalized spacial score (nSPS) is 16.4. The van der Waals surface area contributed by atoms with Gasteiger partial charge in [0.2, 0.25) is 0 Å². The number of anilines is 1. The minimum Gasteiger partial charge on any atom is -0.351 e. The highest BCUT2D eigenvalue weighted by molar-refractivity contribution is 7.80. The van der Waals surface area contributed by atoms with E-state index in [9.17, 15) is 19.3 Å². The number of nitrogens with zero attached hydrogens (tertiary/aromatic N) is 1. The summed E-state index contributed by atoms with van der Waals surface area (Å²) in [6.45, 7) is 1.70. The molecule has 138 valence electrons. The number of rotatable bonds is 4. The van der Waals surface area contributed by atoms with Gasteiger partial charge in [0, 0.05) is 23.5 Å². The van der Waals surface area contributed by atoms with Crippen molar-refractivity contribution in [3.05, 3.63) is 81.3 Å². The average Bonchev–Trinajstić information content (AvgIpc) is 2.61. The Hall–Kier alpha value is -3.33. The number of amides is 1. The predicted molar refractivity (Wildman–Crippen MR) is 102 cm³/mol. The molecule has 0 aromatic heterocycles. The van der Waals surface area contributed by atoms with Gasteiger partial charge in [-0.1, -0.05) is 12.1 Å². The van der Waals surface area contributed by atoms with Crippen LogP contribution in [0.4, 0.5) is 15.8 Å². The third kappa shape index (κ3) is 4.09. The van der Waals surface area contributed by atoms with Gasteiger partial charge >= 0.3 is 0 Å². The first-order valence-corrected chi connectivity index (χ1v) is 8.35. The third-order valence-corrected chi connectivity index (χ3v) is 4.25. The van der Waals surface area contributed by atoms with Gasteiger partial charge in [0.15, 0.2) is 5.11 Å². The molecule has 3 rings (SSSR count). The minimum atomic E-state index is -0.632. The van der Waals surface area contributed by atoms with Gasteiger partial charge in [-0.3, -0.25) is 14.9 Å². The van der Waals surface area contributed by atoms with Crippen molar-refractivity contribution in [2.24, 2.45) is 0 Å². The van der Waals surface area contributed by atoms with E-state index in [-0.39, 0.29) is 5.69 Å². The van der Waals surface area contributed by atoms with Crippen LogP contribution in [0, 0.1) is 15.9 Å². The van der Waals surface area contributed by atoms with Crippen molar-refractivity contribution in [1.29, 1.82) is 0 Å². The number of nitrogens with one attached hydrogen (secondary N) is 3. The first kappa shape index (κ1) is 18.5. The summed E-state index contributed by atoms with van der Waals surface area (Å²) in [6, 6.07) is 10.7. The Morgan fingerprint density at radius 3 is 2.59 bits per heavy atom. The summed E-state index contributed by atoms with van der Waals surface area (Å²) in [6.07, 6.45) is 0. The Bertz CT molecular complexity index is 959. The van der Waals surface area contributed by atoms with Crippen LogP contribution in [0.3, 0.4) is 0 Å². The van der Waals surface area contributed by atoms with Gasteiger partial charge in [-0.15, -0.1) is 0 Å². The van der Waals surface area contributed by atoms with Gasteiger partial charge in [0.1, 0.15) is 5.82 Å². The number of non-ortho nitro benzene ring substituents is 1. The van der Waals surface area contributed by atoms with E-state index in [1.54, 1.807) is 19.1 Å². The van der Waals surface area contributed by atoms with Gasteiger partial charge < -0.3 is 16.0 Å². The predicted octanol–water partition coefficient (Wildman–Crippen LogP) is 3.17. The van der Waals surface area contributed by atoms with E-state index in [0.29, 0.717) is 27.6 Å². The van der Waals surface area contributed by atoms with E-state index in [4.69, 9.17) is 12.2 Å². The molecule has 2 aromatic carbocycles. The molecule has 0 saturated carbocycles. The van der Waals surface area contributed by atoms with Crippen molar-refractivity contribution in [2.45, 2.75) is 13.0 Å². The average molecular weight is 386 g/mol. The highest BCUT2D eigenvalue weighted by Gasteiger charge is 2.30. The molecule has 0 bridgehead atoms. The van der Waals surface area contributed by atoms with E-state index in [0.717, 1.165) is 0 Å². The molecule has 1 aliphatic heterocycles. The number of nitro groups is 1. The van der Waals surface area contributed by atoms with Gasteiger partial charge in [-0.25, -0.2) is 4.39 Å². The van der Waals surface area contributed by atoms with Gasteiger partial charge in [-0.2, -0.15) is 0 Å². The number of hydrogen-bond acceptors (Lipinski definition) is 4. The van der Waals surface area contributed by atoms with Crippen molar-refractivity contribution >= 4 is 34.6 Å². The molecule has 27 heavy (non-hydrogen) atoms. The number of hydrogen-bond donors (Lipinski definition) is 3. The molecule has 0 fully saturated rings. The molecular formula is C18H15FN4O3S. The lowest BCUT2D eigenvalue weighted by atomic mass is 9.95. The topological polar surface area (TPSA) is 96.3 Å². The largest absolute Gasteiger partial charge is 0.351 e. The van der Waals surface area contributed by atoms with Crippen molar-refractivity contribution in [1.82, 2.24) is 10.6 Å². The monoisotopic (exact) mass is 386 g/mol. The number of benzene rings is 2. The Morgan fingerprint density at radius 2 is 1.96 bits per heavy atom. The summed E-state index contributed by atoms with van der Waals surface area (Å²) >= 11 is 5.15. The fraction of sp³-hybridized carbons (Fsp3) is 0.111. The maximum atomic E-state index is 13.6. The molecule has 1 amide bonds. The van der Waals surface area contributed by atoms with Crippen LogP contribution < -0.4 is 16.0 Å². The lowest BCUT2D eigenvalue weighted by Crippen LogP contribution is -2.45. The summed E-state index contributed by atoms with van der Waals surface area (Å²) in [4.78, 5) is 23.1. The molecule has 0 saturated heterocycles. The summed E-state index contributed by atoms with van der Waals surface area (Å²) in [5, 5.41) is 19.6. The quantitative estimate of drug-likeness (QED) is 0.424. The standard InChI is InChI=1S/C18H15FN4O3S/c1-10-15(17(24)21-13-5-7-14(8-6-13)23(25)26)16(22-18(27)20-10)11-3-2-4-12(19)9-11/h2-9,16H,1H3,(H,21,24)(H2,20,22,27)/t16-/m1/s1. The molecule has 0 radical (unpaired) electrons. The van der Waals surface area contributed by atoms with Crippen LogP contribution in [-0.4, -0.2) is 15.9 Å². The van der Waals surface area contributed by atoms with Crippen LogP contribution in [0.5, 0.6) is 0 Å². The maximum absolute atomic E-state index is 13.6. The Morgan fingerprint density at radius 1 is 1.26 bits per heavy atom. The first-order valence-electron chi connectivity index (χ1n) is 7.94. The molecular weight excluding hydrogens is 371 g/mol. The fourth-order valence-electron chi connectivity index (χ4n) is 2.80. The van der Waals surface area contributed by atoms with Crippen LogP contribution >= 0.6 is 12.2 Å². The second kappa shape index (κ2) is 7.50. The zero-order valence-electron chi connectivity index (χ0n) is 14.2. The molecule has 0 unspecified atom stereocenters. The van der Waals surface area contributed by atoms with E-state index >= 15 is 0 Å². The number of thiocarbonyl (C=S) groups is 1. The molecule has 0 spiro atoms. The molecule has 0 aliphatic carbocycles. The van der Waals surface area contributed by atoms with Gasteiger partial charge in [-0.05, 0) is 49.0 Å². The van der Waals surface area contributed by atoms with E-state index in [1.165, 1.54) is 36.4 Å². The Kier molecular flexibility index (Phi) is 5.13. The highest BCUT2D eigenvalue weighted by Crippen LogP contribution is 2.28. The van der Waals surface area contributed by atoms with Crippen molar-refractivity contribution in [3.8, 4) is 0 Å². The summed E-state index contributed by atoms with van der Waals surface area (Å²) in [7, 11) is 0. The van der Waals surface area contributed by atoms with Crippen LogP contribution in [0.2, 0.25) is 0 Å². The highest BCUT2D eigenvalue weighted by atomic mass is 32.1. The van der Waals surface area contributed by atoms with Crippen LogP contribution in [0.15, 0.2) is 59.8 Å². The molecule has 3 N–H and O–H groups in total. The second-order valence-corrected chi connectivity index (χ2v) is 6.29.